The van der Waals surface area contributed by atoms with Crippen molar-refractivity contribution in [3.05, 3.63) is 0 Å². The van der Waals surface area contributed by atoms with Crippen LogP contribution in [-0.2, 0) is 19.2 Å². The highest BCUT2D eigenvalue weighted by molar-refractivity contribution is 5.97. The molecule has 0 unspecified atom stereocenters. The molecule has 0 saturated heterocycles. The Labute approximate surface area is 95.2 Å². The third-order valence-electron chi connectivity index (χ3n) is 1.84. The molecular weight excluding hydrogens is 236 g/mol. The Bertz CT molecular complexity index is 327. The van der Waals surface area contributed by atoms with Gasteiger partial charge in [0.1, 0.15) is 6.04 Å². The molecule has 0 aromatic carbocycles. The summed E-state index contributed by atoms with van der Waals surface area (Å²) in [6.07, 6.45) is -0.586. The molecule has 0 aliphatic heterocycles. The molecule has 9 heteroatoms. The fourth-order valence-electron chi connectivity index (χ4n) is 1.01. The summed E-state index contributed by atoms with van der Waals surface area (Å²) in [5, 5.41) is 27.6. The van der Waals surface area contributed by atoms with Gasteiger partial charge in [0, 0.05) is 6.42 Å². The van der Waals surface area contributed by atoms with Crippen molar-refractivity contribution in [2.24, 2.45) is 5.73 Å². The van der Waals surface area contributed by atoms with E-state index in [1.165, 1.54) is 0 Å². The Morgan fingerprint density at radius 1 is 1.00 bits per heavy atom. The van der Waals surface area contributed by atoms with Crippen molar-refractivity contribution in [1.29, 1.82) is 0 Å². The summed E-state index contributed by atoms with van der Waals surface area (Å²) in [5.41, 5.74) is 4.80. The zero-order valence-electron chi connectivity index (χ0n) is 8.62. The molecule has 0 aliphatic rings. The molecule has 0 heterocycles. The molecule has 17 heavy (non-hydrogen) atoms. The number of carbonyl (C=O) groups is 4. The first-order valence-corrected chi connectivity index (χ1v) is 4.48. The summed E-state index contributed by atoms with van der Waals surface area (Å²) in [6, 6.07) is -3.52. The van der Waals surface area contributed by atoms with Gasteiger partial charge in [0.25, 0.3) is 0 Å². The van der Waals surface area contributed by atoms with Crippen LogP contribution in [0.3, 0.4) is 0 Å². The second-order valence-electron chi connectivity index (χ2n) is 3.17. The molecule has 0 bridgehead atoms. The summed E-state index contributed by atoms with van der Waals surface area (Å²) in [6.45, 7) is 0. The molecule has 6 N–H and O–H groups in total. The summed E-state index contributed by atoms with van der Waals surface area (Å²) in [5.74, 6) is -5.66. The zero-order valence-corrected chi connectivity index (χ0v) is 8.62. The van der Waals surface area contributed by atoms with Crippen molar-refractivity contribution in [3.8, 4) is 0 Å². The maximum Gasteiger partial charge on any atom is 0.332 e. The van der Waals surface area contributed by atoms with Crippen LogP contribution >= 0.6 is 0 Å². The van der Waals surface area contributed by atoms with E-state index in [2.05, 4.69) is 0 Å². The summed E-state index contributed by atoms with van der Waals surface area (Å²) < 4.78 is 0. The van der Waals surface area contributed by atoms with E-state index >= 15 is 0 Å². The van der Waals surface area contributed by atoms with Crippen LogP contribution in [0.25, 0.3) is 0 Å². The van der Waals surface area contributed by atoms with E-state index in [0.717, 1.165) is 0 Å². The number of carboxylic acids is 3. The number of amides is 1. The normalized spacial score (nSPS) is 12.1. The van der Waals surface area contributed by atoms with Crippen LogP contribution in [0, 0.1) is 0 Å². The second kappa shape index (κ2) is 6.43. The van der Waals surface area contributed by atoms with Gasteiger partial charge in [-0.15, -0.1) is 0 Å². The maximum atomic E-state index is 10.7. The van der Waals surface area contributed by atoms with E-state index < -0.39 is 35.9 Å². The minimum absolute atomic E-state index is 0.290. The fourth-order valence-corrected chi connectivity index (χ4v) is 1.01. The predicted octanol–water partition coefficient (Wildman–Crippen LogP) is -2.17. The molecule has 0 rings (SSSR count). The molecule has 1 atom stereocenters. The molecule has 0 saturated carbocycles. The minimum Gasteiger partial charge on any atom is -0.480 e. The minimum atomic E-state index is -2.05. The Hall–Kier alpha value is -2.16. The quantitative estimate of drug-likeness (QED) is 0.302. The number of nitrogens with two attached hydrogens (primary N) is 1. The van der Waals surface area contributed by atoms with Crippen LogP contribution < -0.4 is 11.1 Å². The second-order valence-corrected chi connectivity index (χ2v) is 3.17. The average Bonchev–Trinajstić information content (AvgIpc) is 2.15. The van der Waals surface area contributed by atoms with Crippen LogP contribution in [0.2, 0.25) is 0 Å². The highest BCUT2D eigenvalue weighted by Crippen LogP contribution is 2.00. The first kappa shape index (κ1) is 14.8. The largest absolute Gasteiger partial charge is 0.480 e. The number of nitrogens with one attached hydrogen (secondary N) is 1. The van der Waals surface area contributed by atoms with Gasteiger partial charge >= 0.3 is 17.9 Å². The first-order valence-electron chi connectivity index (χ1n) is 4.48. The molecule has 9 nitrogen and oxygen atoms in total. The Morgan fingerprint density at radius 2 is 1.47 bits per heavy atom. The smallest absolute Gasteiger partial charge is 0.332 e. The summed E-state index contributed by atoms with van der Waals surface area (Å²) in [7, 11) is 0. The van der Waals surface area contributed by atoms with Crippen molar-refractivity contribution in [2.45, 2.75) is 24.9 Å². The lowest BCUT2D eigenvalue weighted by atomic mass is 10.1. The van der Waals surface area contributed by atoms with E-state index in [-0.39, 0.29) is 12.8 Å². The van der Waals surface area contributed by atoms with Crippen molar-refractivity contribution >= 4 is 23.8 Å². The average molecular weight is 248 g/mol. The lowest BCUT2D eigenvalue weighted by molar-refractivity contribution is -0.152. The monoisotopic (exact) mass is 248 g/mol. The van der Waals surface area contributed by atoms with Gasteiger partial charge in [0.15, 0.2) is 0 Å². The Kier molecular flexibility index (Phi) is 5.61. The molecule has 0 radical (unpaired) electrons. The van der Waals surface area contributed by atoms with E-state index in [1.54, 1.807) is 0 Å². The first-order chi connectivity index (χ1) is 7.75. The van der Waals surface area contributed by atoms with E-state index in [4.69, 9.17) is 21.1 Å². The van der Waals surface area contributed by atoms with E-state index in [0.29, 0.717) is 0 Å². The van der Waals surface area contributed by atoms with Gasteiger partial charge in [-0.3, -0.25) is 14.9 Å². The molecule has 0 spiro atoms. The molecular formula is C8H12N2O7. The maximum absolute atomic E-state index is 10.7. The predicted molar refractivity (Wildman–Crippen MR) is 52.0 cm³/mol. The van der Waals surface area contributed by atoms with Crippen molar-refractivity contribution < 1.29 is 34.5 Å². The fraction of sp³-hybridized carbons (Fsp3) is 0.500. The van der Waals surface area contributed by atoms with Crippen molar-refractivity contribution in [1.82, 2.24) is 5.32 Å². The lowest BCUT2D eigenvalue weighted by Gasteiger charge is -2.16. The highest BCUT2D eigenvalue weighted by atomic mass is 16.4. The lowest BCUT2D eigenvalue weighted by Crippen LogP contribution is -2.51. The number of primary amides is 1. The van der Waals surface area contributed by atoms with Crippen LogP contribution in [0.15, 0.2) is 0 Å². The standard InChI is InChI=1S/C8H12N2O7/c9-4(11)2-1-3(6(12)13)10-5(7(14)15)8(16)17/h3,5,10H,1-2H2,(H2,9,11)(H,12,13)(H,14,15)(H,16,17)/t3-/m0/s1. The molecule has 0 aliphatic carbocycles. The number of hydrogen-bond donors (Lipinski definition) is 5. The van der Waals surface area contributed by atoms with Gasteiger partial charge in [-0.05, 0) is 6.42 Å². The van der Waals surface area contributed by atoms with Crippen LogP contribution in [0.1, 0.15) is 12.8 Å². The topological polar surface area (TPSA) is 167 Å². The zero-order chi connectivity index (χ0) is 13.6. The molecule has 0 aromatic rings. The van der Waals surface area contributed by atoms with Crippen molar-refractivity contribution in [2.75, 3.05) is 0 Å². The number of rotatable bonds is 8. The van der Waals surface area contributed by atoms with Gasteiger partial charge in [0.2, 0.25) is 11.9 Å². The molecule has 1 amide bonds. The Morgan fingerprint density at radius 3 is 1.76 bits per heavy atom. The van der Waals surface area contributed by atoms with Crippen LogP contribution in [-0.4, -0.2) is 51.2 Å². The van der Waals surface area contributed by atoms with Gasteiger partial charge in [-0.25, -0.2) is 9.59 Å². The van der Waals surface area contributed by atoms with Crippen molar-refractivity contribution in [3.63, 3.8) is 0 Å². The Balaban J connectivity index is 4.61. The number of aliphatic carboxylic acids is 3. The van der Waals surface area contributed by atoms with Gasteiger partial charge < -0.3 is 21.1 Å². The summed E-state index contributed by atoms with van der Waals surface area (Å²) >= 11 is 0. The number of hydrogen-bond acceptors (Lipinski definition) is 5. The molecule has 0 aromatic heterocycles. The molecule has 96 valence electrons. The summed E-state index contributed by atoms with van der Waals surface area (Å²) in [4.78, 5) is 42.2. The van der Waals surface area contributed by atoms with E-state index in [1.807, 2.05) is 5.32 Å². The van der Waals surface area contributed by atoms with Crippen LogP contribution in [0.5, 0.6) is 0 Å². The number of carbonyl (C=O) groups excluding carboxylic acids is 1. The third-order valence-corrected chi connectivity index (χ3v) is 1.84. The van der Waals surface area contributed by atoms with Crippen LogP contribution in [0.4, 0.5) is 0 Å². The molecule has 0 fully saturated rings. The van der Waals surface area contributed by atoms with Gasteiger partial charge in [-0.1, -0.05) is 0 Å². The SMILES string of the molecule is NC(=O)CC[C@H](NC(C(=O)O)C(=O)O)C(=O)O. The third kappa shape index (κ3) is 5.47. The highest BCUT2D eigenvalue weighted by Gasteiger charge is 2.31. The number of carboxylic acid groups (broad SMARTS) is 3. The van der Waals surface area contributed by atoms with Gasteiger partial charge in [0.05, 0.1) is 0 Å². The van der Waals surface area contributed by atoms with E-state index in [9.17, 15) is 19.2 Å². The van der Waals surface area contributed by atoms with Gasteiger partial charge in [-0.2, -0.15) is 0 Å².